The maximum atomic E-state index is 10.5. The summed E-state index contributed by atoms with van der Waals surface area (Å²) in [4.78, 5) is 8.62. The minimum Gasteiger partial charge on any atom is -0.398 e. The molecule has 4 heteroatoms. The van der Waals surface area contributed by atoms with Gasteiger partial charge in [0, 0.05) is 0 Å². The van der Waals surface area contributed by atoms with E-state index in [1.165, 1.54) is 50.5 Å². The first-order chi connectivity index (χ1) is 9.22. The summed E-state index contributed by atoms with van der Waals surface area (Å²) in [5.74, 6) is 0.451. The van der Waals surface area contributed by atoms with Crippen LogP contribution in [0.15, 0.2) is 24.3 Å². The fourth-order valence-corrected chi connectivity index (χ4v) is 2.40. The topological polar surface area (TPSA) is 46.5 Å². The van der Waals surface area contributed by atoms with Crippen LogP contribution < -0.4 is 4.52 Å². The van der Waals surface area contributed by atoms with E-state index in [0.29, 0.717) is 5.75 Å². The van der Waals surface area contributed by atoms with Gasteiger partial charge in [-0.1, -0.05) is 57.6 Å². The summed E-state index contributed by atoms with van der Waals surface area (Å²) in [5, 5.41) is 0. The van der Waals surface area contributed by atoms with Crippen LogP contribution in [0.1, 0.15) is 57.4 Å². The largest absolute Gasteiger partial charge is 0.426 e. The molecule has 0 aliphatic rings. The van der Waals surface area contributed by atoms with Gasteiger partial charge in [-0.2, -0.15) is 0 Å². The molecule has 3 nitrogen and oxygen atoms in total. The zero-order valence-corrected chi connectivity index (χ0v) is 12.6. The van der Waals surface area contributed by atoms with Crippen LogP contribution in [0.3, 0.4) is 0 Å². The second-order valence-electron chi connectivity index (χ2n) is 4.84. The highest BCUT2D eigenvalue weighted by molar-refractivity contribution is 7.32. The minimum atomic E-state index is -2.56. The van der Waals surface area contributed by atoms with E-state index in [9.17, 15) is 4.57 Å². The second-order valence-corrected chi connectivity index (χ2v) is 5.50. The van der Waals surface area contributed by atoms with Gasteiger partial charge in [-0.05, 0) is 30.5 Å². The summed E-state index contributed by atoms with van der Waals surface area (Å²) < 4.78 is 15.2. The molecular weight excluding hydrogens is 259 g/mol. The molecular formula is C15H24O3P. The molecule has 0 saturated heterocycles. The van der Waals surface area contributed by atoms with E-state index in [4.69, 9.17) is 9.42 Å². The van der Waals surface area contributed by atoms with Gasteiger partial charge in [-0.25, -0.2) is 4.57 Å². The third-order valence-electron chi connectivity index (χ3n) is 3.18. The molecule has 0 fully saturated rings. The number of hydrogen-bond donors (Lipinski definition) is 1. The molecule has 1 aromatic rings. The van der Waals surface area contributed by atoms with Crippen LogP contribution in [-0.4, -0.2) is 4.89 Å². The van der Waals surface area contributed by atoms with E-state index >= 15 is 0 Å². The highest BCUT2D eigenvalue weighted by Gasteiger charge is 1.99. The molecule has 0 aliphatic heterocycles. The summed E-state index contributed by atoms with van der Waals surface area (Å²) >= 11 is 0. The molecule has 1 aromatic carbocycles. The molecule has 19 heavy (non-hydrogen) atoms. The Morgan fingerprint density at radius 1 is 1.00 bits per heavy atom. The normalized spacial score (nSPS) is 11.4. The van der Waals surface area contributed by atoms with Crippen LogP contribution in [-0.2, 0) is 11.0 Å². The van der Waals surface area contributed by atoms with Crippen molar-refractivity contribution in [1.29, 1.82) is 0 Å². The average molecular weight is 283 g/mol. The van der Waals surface area contributed by atoms with Gasteiger partial charge in [0.25, 0.3) is 0 Å². The third-order valence-corrected chi connectivity index (χ3v) is 3.54. The van der Waals surface area contributed by atoms with E-state index in [-0.39, 0.29) is 0 Å². The molecule has 1 radical (unpaired) electrons. The first kappa shape index (κ1) is 16.1. The van der Waals surface area contributed by atoms with Gasteiger partial charge >= 0.3 is 8.25 Å². The Balaban J connectivity index is 2.14. The summed E-state index contributed by atoms with van der Waals surface area (Å²) in [6, 6.07) is 7.43. The number of rotatable bonds is 10. The summed E-state index contributed by atoms with van der Waals surface area (Å²) in [6.07, 6.45) is 10.3. The zero-order chi connectivity index (χ0) is 13.9. The molecule has 1 atom stereocenters. The van der Waals surface area contributed by atoms with Crippen LogP contribution in [0.25, 0.3) is 0 Å². The lowest BCUT2D eigenvalue weighted by molar-refractivity contribution is 0.410. The Hall–Kier alpha value is -0.920. The Bertz CT molecular complexity index is 362. The number of hydrogen-bond acceptors (Lipinski definition) is 2. The van der Waals surface area contributed by atoms with Gasteiger partial charge in [-0.15, -0.1) is 0 Å². The van der Waals surface area contributed by atoms with Crippen molar-refractivity contribution >= 4 is 8.25 Å². The lowest BCUT2D eigenvalue weighted by Crippen LogP contribution is -1.87. The second kappa shape index (κ2) is 9.94. The van der Waals surface area contributed by atoms with E-state index < -0.39 is 8.25 Å². The van der Waals surface area contributed by atoms with Crippen molar-refractivity contribution in [2.75, 3.05) is 0 Å². The first-order valence-electron chi connectivity index (χ1n) is 7.15. The molecule has 0 heterocycles. The average Bonchev–Trinajstić information content (AvgIpc) is 2.39. The van der Waals surface area contributed by atoms with Crippen LogP contribution in [0, 0.1) is 0 Å². The smallest absolute Gasteiger partial charge is 0.398 e. The van der Waals surface area contributed by atoms with Gasteiger partial charge in [-0.3, -0.25) is 4.89 Å². The Morgan fingerprint density at radius 3 is 2.16 bits per heavy atom. The SMILES string of the molecule is CCCCCCCCCc1ccc(O[P](=O)O)cc1. The van der Waals surface area contributed by atoms with Crippen molar-refractivity contribution in [3.63, 3.8) is 0 Å². The van der Waals surface area contributed by atoms with Gasteiger partial charge < -0.3 is 4.52 Å². The lowest BCUT2D eigenvalue weighted by Gasteiger charge is -2.04. The van der Waals surface area contributed by atoms with E-state index in [1.807, 2.05) is 12.1 Å². The van der Waals surface area contributed by atoms with Gasteiger partial charge in [0.05, 0.1) is 0 Å². The minimum absolute atomic E-state index is 0.451. The molecule has 0 saturated carbocycles. The van der Waals surface area contributed by atoms with Crippen LogP contribution in [0.5, 0.6) is 5.75 Å². The summed E-state index contributed by atoms with van der Waals surface area (Å²) in [7, 11) is -2.56. The van der Waals surface area contributed by atoms with Crippen molar-refractivity contribution in [1.82, 2.24) is 0 Å². The molecule has 0 aromatic heterocycles. The van der Waals surface area contributed by atoms with Crippen molar-refractivity contribution in [2.45, 2.75) is 58.3 Å². The van der Waals surface area contributed by atoms with Crippen LogP contribution >= 0.6 is 8.25 Å². The van der Waals surface area contributed by atoms with Crippen molar-refractivity contribution in [3.05, 3.63) is 29.8 Å². The number of unbranched alkanes of at least 4 members (excludes halogenated alkanes) is 6. The van der Waals surface area contributed by atoms with Crippen molar-refractivity contribution < 1.29 is 14.0 Å². The van der Waals surface area contributed by atoms with E-state index in [2.05, 4.69) is 6.92 Å². The molecule has 0 aliphatic carbocycles. The van der Waals surface area contributed by atoms with Crippen LogP contribution in [0.2, 0.25) is 0 Å². The highest BCUT2D eigenvalue weighted by atomic mass is 31.1. The van der Waals surface area contributed by atoms with Crippen LogP contribution in [0.4, 0.5) is 0 Å². The Kier molecular flexibility index (Phi) is 8.44. The third kappa shape index (κ3) is 7.97. The molecule has 0 bridgehead atoms. The molecule has 0 amide bonds. The molecule has 1 unspecified atom stereocenters. The van der Waals surface area contributed by atoms with E-state index in [1.54, 1.807) is 12.1 Å². The monoisotopic (exact) mass is 283 g/mol. The molecule has 107 valence electrons. The summed E-state index contributed by atoms with van der Waals surface area (Å²) in [6.45, 7) is 2.24. The maximum Gasteiger partial charge on any atom is 0.426 e. The number of aryl methyl sites for hydroxylation is 1. The zero-order valence-electron chi connectivity index (χ0n) is 11.7. The van der Waals surface area contributed by atoms with Gasteiger partial charge in [0.1, 0.15) is 5.75 Å². The Morgan fingerprint density at radius 2 is 1.58 bits per heavy atom. The molecule has 0 spiro atoms. The fourth-order valence-electron chi connectivity index (χ4n) is 2.09. The van der Waals surface area contributed by atoms with E-state index in [0.717, 1.165) is 6.42 Å². The fraction of sp³-hybridized carbons (Fsp3) is 0.600. The Labute approximate surface area is 117 Å². The predicted octanol–water partition coefficient (Wildman–Crippen LogP) is 5.01. The molecule has 1 rings (SSSR count). The summed E-state index contributed by atoms with van der Waals surface area (Å²) in [5.41, 5.74) is 1.26. The maximum absolute atomic E-state index is 10.5. The highest BCUT2D eigenvalue weighted by Crippen LogP contribution is 2.23. The van der Waals surface area contributed by atoms with Crippen molar-refractivity contribution in [3.8, 4) is 5.75 Å². The number of benzene rings is 1. The lowest BCUT2D eigenvalue weighted by atomic mass is 10.0. The molecule has 1 N–H and O–H groups in total. The van der Waals surface area contributed by atoms with Gasteiger partial charge in [0.2, 0.25) is 0 Å². The first-order valence-corrected chi connectivity index (χ1v) is 8.28. The standard InChI is InChI=1S/C15H24O3P/c1-2-3-4-5-6-7-8-9-14-10-12-15(13-11-14)18-19(16)17/h10-13H,2-9H2,1H3,(H,16,17). The van der Waals surface area contributed by atoms with Crippen molar-refractivity contribution in [2.24, 2.45) is 0 Å². The quantitative estimate of drug-likeness (QED) is 0.485. The predicted molar refractivity (Wildman–Crippen MR) is 78.6 cm³/mol. The van der Waals surface area contributed by atoms with Gasteiger partial charge in [0.15, 0.2) is 0 Å².